The lowest BCUT2D eigenvalue weighted by atomic mass is 9.33. The van der Waals surface area contributed by atoms with Gasteiger partial charge >= 0.3 is 5.97 Å². The van der Waals surface area contributed by atoms with E-state index in [1.54, 1.807) is 0 Å². The summed E-state index contributed by atoms with van der Waals surface area (Å²) in [5.41, 5.74) is -0.0821. The molecule has 0 aromatic rings. The number of allylic oxidation sites excluding steroid dienone is 2. The number of hydrogen-bond acceptors (Lipinski definition) is 4. The molecular formula is C36H57NO5. The van der Waals surface area contributed by atoms with Gasteiger partial charge in [0.25, 0.3) is 0 Å². The van der Waals surface area contributed by atoms with E-state index in [1.807, 2.05) is 26.8 Å². The first-order valence-electron chi connectivity index (χ1n) is 16.7. The van der Waals surface area contributed by atoms with Gasteiger partial charge in [0.2, 0.25) is 5.91 Å². The number of ketones is 1. The van der Waals surface area contributed by atoms with Gasteiger partial charge in [0, 0.05) is 11.3 Å². The molecule has 0 aromatic carbocycles. The summed E-state index contributed by atoms with van der Waals surface area (Å²) in [6.07, 6.45) is 10.1. The van der Waals surface area contributed by atoms with Crippen LogP contribution in [0, 0.1) is 56.2 Å². The standard InChI is InChI=1S/C36H57NO5/c1-21(2)18-24(29(40)41)37-30(42)33(6)15-14-32(5)16-17-35(8)22(23(32)20-33)19-25(38)28-34(7)12-11-27(39)31(3,4)26(34)10-13-36(28,35)9/h19,21,23-24,26-28,39H,10-18,20H2,1-9H3,(H,37,42)(H,40,41)/t23-,24-,26-,27-,28+,32+,33-,34-,35+,36+/m0/s1. The molecule has 5 aliphatic carbocycles. The summed E-state index contributed by atoms with van der Waals surface area (Å²) in [5.74, 6) is -0.368. The number of aliphatic hydroxyl groups excluding tert-OH is 1. The summed E-state index contributed by atoms with van der Waals surface area (Å²) >= 11 is 0. The number of amides is 1. The summed E-state index contributed by atoms with van der Waals surface area (Å²) in [6, 6.07) is -0.886. The third kappa shape index (κ3) is 4.38. The summed E-state index contributed by atoms with van der Waals surface area (Å²) in [4.78, 5) is 40.3. The van der Waals surface area contributed by atoms with Crippen molar-refractivity contribution in [2.45, 2.75) is 139 Å². The van der Waals surface area contributed by atoms with E-state index < -0.39 is 17.4 Å². The lowest BCUT2D eigenvalue weighted by molar-refractivity contribution is -0.202. The number of carboxylic acids is 1. The fraction of sp³-hybridized carbons (Fsp3) is 0.861. The van der Waals surface area contributed by atoms with Gasteiger partial charge in [0.1, 0.15) is 6.04 Å². The molecule has 4 saturated carbocycles. The Bertz CT molecular complexity index is 1190. The Kier molecular flexibility index (Phi) is 7.48. The number of rotatable bonds is 5. The summed E-state index contributed by atoms with van der Waals surface area (Å²) in [7, 11) is 0. The summed E-state index contributed by atoms with van der Waals surface area (Å²) in [5, 5.41) is 23.7. The average Bonchev–Trinajstić information content (AvgIpc) is 2.88. The summed E-state index contributed by atoms with van der Waals surface area (Å²) in [6.45, 7) is 19.9. The van der Waals surface area contributed by atoms with Gasteiger partial charge in [-0.3, -0.25) is 9.59 Å². The number of carboxylic acid groups (broad SMARTS) is 1. The highest BCUT2D eigenvalue weighted by molar-refractivity contribution is 5.96. The van der Waals surface area contributed by atoms with Crippen LogP contribution >= 0.6 is 0 Å². The molecule has 236 valence electrons. The van der Waals surface area contributed by atoms with E-state index >= 15 is 0 Å². The fourth-order valence-electron chi connectivity index (χ4n) is 11.4. The van der Waals surface area contributed by atoms with Crippen LogP contribution in [0.5, 0.6) is 0 Å². The van der Waals surface area contributed by atoms with Gasteiger partial charge < -0.3 is 15.5 Å². The summed E-state index contributed by atoms with van der Waals surface area (Å²) < 4.78 is 0. The molecule has 3 N–H and O–H groups in total. The molecule has 42 heavy (non-hydrogen) atoms. The molecule has 0 saturated heterocycles. The number of nitrogens with one attached hydrogen (secondary N) is 1. The van der Waals surface area contributed by atoms with Crippen molar-refractivity contribution in [2.75, 3.05) is 0 Å². The van der Waals surface area contributed by atoms with Crippen LogP contribution in [0.2, 0.25) is 0 Å². The van der Waals surface area contributed by atoms with Crippen molar-refractivity contribution in [2.24, 2.45) is 56.2 Å². The molecule has 0 bridgehead atoms. The molecule has 0 radical (unpaired) electrons. The molecule has 10 atom stereocenters. The van der Waals surface area contributed by atoms with Crippen molar-refractivity contribution in [1.29, 1.82) is 0 Å². The predicted molar refractivity (Wildman–Crippen MR) is 164 cm³/mol. The van der Waals surface area contributed by atoms with E-state index in [1.165, 1.54) is 5.57 Å². The molecule has 0 spiro atoms. The maximum atomic E-state index is 14.5. The highest BCUT2D eigenvalue weighted by Gasteiger charge is 2.70. The van der Waals surface area contributed by atoms with Gasteiger partial charge in [-0.25, -0.2) is 4.79 Å². The van der Waals surface area contributed by atoms with Gasteiger partial charge in [-0.2, -0.15) is 0 Å². The Labute approximate surface area is 253 Å². The molecule has 0 unspecified atom stereocenters. The lowest BCUT2D eigenvalue weighted by Crippen LogP contribution is -2.66. The van der Waals surface area contributed by atoms with Crippen molar-refractivity contribution in [3.8, 4) is 0 Å². The van der Waals surface area contributed by atoms with E-state index in [-0.39, 0.29) is 62.6 Å². The van der Waals surface area contributed by atoms with Gasteiger partial charge in [-0.1, -0.05) is 67.9 Å². The van der Waals surface area contributed by atoms with Crippen LogP contribution in [-0.2, 0) is 14.4 Å². The zero-order valence-corrected chi connectivity index (χ0v) is 27.7. The molecule has 6 nitrogen and oxygen atoms in total. The molecule has 5 aliphatic rings. The van der Waals surface area contributed by atoms with Gasteiger partial charge in [0.05, 0.1) is 6.10 Å². The number of carbonyl (C=O) groups is 3. The lowest BCUT2D eigenvalue weighted by Gasteiger charge is -2.70. The Morgan fingerprint density at radius 3 is 2.21 bits per heavy atom. The second kappa shape index (κ2) is 9.91. The quantitative estimate of drug-likeness (QED) is 0.325. The number of aliphatic carboxylic acids is 1. The zero-order valence-electron chi connectivity index (χ0n) is 27.7. The van der Waals surface area contributed by atoms with Crippen molar-refractivity contribution >= 4 is 17.7 Å². The normalized spacial score (nSPS) is 46.8. The maximum absolute atomic E-state index is 14.5. The third-order valence-electron chi connectivity index (χ3n) is 14.4. The minimum absolute atomic E-state index is 0.0246. The molecule has 0 heterocycles. The van der Waals surface area contributed by atoms with E-state index in [2.05, 4.69) is 46.9 Å². The predicted octanol–water partition coefficient (Wildman–Crippen LogP) is 6.94. The van der Waals surface area contributed by atoms with Crippen LogP contribution < -0.4 is 5.32 Å². The smallest absolute Gasteiger partial charge is 0.326 e. The van der Waals surface area contributed by atoms with Gasteiger partial charge in [-0.05, 0) is 115 Å². The third-order valence-corrected chi connectivity index (χ3v) is 14.4. The van der Waals surface area contributed by atoms with Crippen molar-refractivity contribution in [1.82, 2.24) is 5.32 Å². The van der Waals surface area contributed by atoms with Crippen LogP contribution in [0.1, 0.15) is 127 Å². The zero-order chi connectivity index (χ0) is 31.3. The Morgan fingerprint density at radius 2 is 1.60 bits per heavy atom. The molecule has 0 aromatic heterocycles. The van der Waals surface area contributed by atoms with Gasteiger partial charge in [-0.15, -0.1) is 0 Å². The topological polar surface area (TPSA) is 104 Å². The molecule has 5 rings (SSSR count). The Hall–Kier alpha value is -1.69. The molecule has 1 amide bonds. The largest absolute Gasteiger partial charge is 0.480 e. The van der Waals surface area contributed by atoms with Crippen molar-refractivity contribution in [3.05, 3.63) is 11.6 Å². The first kappa shape index (κ1) is 31.7. The number of fused-ring (bicyclic) bond motifs is 7. The second-order valence-electron chi connectivity index (χ2n) is 17.6. The first-order valence-corrected chi connectivity index (χ1v) is 16.7. The number of hydrogen-bond donors (Lipinski definition) is 3. The monoisotopic (exact) mass is 583 g/mol. The Morgan fingerprint density at radius 1 is 0.952 bits per heavy atom. The van der Waals surface area contributed by atoms with Crippen LogP contribution in [0.3, 0.4) is 0 Å². The molecule has 0 aliphatic heterocycles. The second-order valence-corrected chi connectivity index (χ2v) is 17.6. The van der Waals surface area contributed by atoms with Crippen molar-refractivity contribution in [3.63, 3.8) is 0 Å². The van der Waals surface area contributed by atoms with Crippen LogP contribution in [0.4, 0.5) is 0 Å². The highest BCUT2D eigenvalue weighted by Crippen LogP contribution is 2.75. The van der Waals surface area contributed by atoms with E-state index in [9.17, 15) is 24.6 Å². The van der Waals surface area contributed by atoms with Crippen molar-refractivity contribution < 1.29 is 24.6 Å². The number of aliphatic hydroxyl groups is 1. The van der Waals surface area contributed by atoms with Crippen LogP contribution in [0.15, 0.2) is 11.6 Å². The fourth-order valence-corrected chi connectivity index (χ4v) is 11.4. The maximum Gasteiger partial charge on any atom is 0.326 e. The molecule has 6 heteroatoms. The van der Waals surface area contributed by atoms with Gasteiger partial charge in [0.15, 0.2) is 5.78 Å². The number of carbonyl (C=O) groups excluding carboxylic acids is 2. The SMILES string of the molecule is CC(C)C[C@H](NC(=O)[C@@]1(C)CC[C@]2(C)CC[C@]3(C)C(=CC(=O)[C@@H]4[C@@]5(C)CC[C@H](O)C(C)(C)[C@@H]5CC[C@]43C)[C@@H]2C1)C(=O)O. The van der Waals surface area contributed by atoms with Crippen LogP contribution in [-0.4, -0.2) is 40.0 Å². The highest BCUT2D eigenvalue weighted by atomic mass is 16.4. The van der Waals surface area contributed by atoms with Crippen LogP contribution in [0.25, 0.3) is 0 Å². The Balaban J connectivity index is 1.51. The van der Waals surface area contributed by atoms with E-state index in [0.29, 0.717) is 18.8 Å². The minimum atomic E-state index is -0.978. The van der Waals surface area contributed by atoms with E-state index in [4.69, 9.17) is 0 Å². The van der Waals surface area contributed by atoms with E-state index in [0.717, 1.165) is 51.4 Å². The average molecular weight is 584 g/mol. The minimum Gasteiger partial charge on any atom is -0.480 e. The molecule has 4 fully saturated rings. The first-order chi connectivity index (χ1) is 19.2. The molecular weight excluding hydrogens is 526 g/mol.